The van der Waals surface area contributed by atoms with Crippen LogP contribution in [-0.4, -0.2) is 0 Å². The van der Waals surface area contributed by atoms with Crippen LogP contribution in [0.4, 0.5) is 0 Å². The van der Waals surface area contributed by atoms with Crippen LogP contribution < -0.4 is 0 Å². The third-order valence-corrected chi connectivity index (χ3v) is 1.71. The zero-order valence-electron chi connectivity index (χ0n) is 9.24. The van der Waals surface area contributed by atoms with Gasteiger partial charge in [-0.2, -0.15) is 0 Å². The first kappa shape index (κ1) is 14.1. The van der Waals surface area contributed by atoms with E-state index >= 15 is 0 Å². The van der Waals surface area contributed by atoms with Gasteiger partial charge in [-0.25, -0.2) is 0 Å². The molecule has 0 atom stereocenters. The van der Waals surface area contributed by atoms with Crippen LogP contribution in [0.5, 0.6) is 0 Å². The zero-order valence-corrected chi connectivity index (χ0v) is 9.24. The van der Waals surface area contributed by atoms with E-state index in [-0.39, 0.29) is 0 Å². The molecule has 0 spiro atoms. The summed E-state index contributed by atoms with van der Waals surface area (Å²) in [6, 6.07) is 0. The number of rotatable bonds is 5. The van der Waals surface area contributed by atoms with Gasteiger partial charge in [0.25, 0.3) is 0 Å². The summed E-state index contributed by atoms with van der Waals surface area (Å²) < 4.78 is 0. The van der Waals surface area contributed by atoms with Gasteiger partial charge in [0, 0.05) is 0 Å². The molecule has 0 aromatic rings. The van der Waals surface area contributed by atoms with E-state index in [1.54, 1.807) is 0 Å². The molecule has 0 bridgehead atoms. The molecule has 0 unspecified atom stereocenters. The van der Waals surface area contributed by atoms with Crippen molar-refractivity contribution in [1.29, 1.82) is 0 Å². The zero-order chi connectivity index (χ0) is 9.66. The molecule has 0 aromatic carbocycles. The summed E-state index contributed by atoms with van der Waals surface area (Å²) in [5, 5.41) is 0. The first-order valence-corrected chi connectivity index (χ1v) is 5.16. The molecule has 72 valence electrons. The van der Waals surface area contributed by atoms with Crippen molar-refractivity contribution in [3.63, 3.8) is 0 Å². The van der Waals surface area contributed by atoms with Gasteiger partial charge in [-0.3, -0.25) is 0 Å². The largest absolute Gasteiger partial charge is 0.107 e. The standard InChI is InChI=1S/C8H18.C4H6/c1-3-5-7-8-6-4-2;1-3-4-2/h3-8H2,1-2H3;1-2H3. The molecular weight excluding hydrogens is 144 g/mol. The summed E-state index contributed by atoms with van der Waals surface area (Å²) in [5.74, 6) is 5.36. The van der Waals surface area contributed by atoms with Gasteiger partial charge >= 0.3 is 0 Å². The van der Waals surface area contributed by atoms with Gasteiger partial charge in [-0.1, -0.05) is 52.4 Å². The summed E-state index contributed by atoms with van der Waals surface area (Å²) in [5.41, 5.74) is 0. The maximum Gasteiger partial charge on any atom is -0.00271 e. The van der Waals surface area contributed by atoms with E-state index in [1.165, 1.54) is 38.5 Å². The quantitative estimate of drug-likeness (QED) is 0.422. The molecule has 0 aliphatic carbocycles. The van der Waals surface area contributed by atoms with E-state index in [9.17, 15) is 0 Å². The second kappa shape index (κ2) is 16.9. The second-order valence-corrected chi connectivity index (χ2v) is 2.91. The molecule has 0 aliphatic rings. The highest BCUT2D eigenvalue weighted by Crippen LogP contribution is 2.03. The average Bonchev–Trinajstić information content (AvgIpc) is 2.13. The van der Waals surface area contributed by atoms with Crippen molar-refractivity contribution in [2.24, 2.45) is 0 Å². The van der Waals surface area contributed by atoms with Crippen LogP contribution in [0.15, 0.2) is 0 Å². The summed E-state index contributed by atoms with van der Waals surface area (Å²) in [6.07, 6.45) is 8.49. The Morgan fingerprint density at radius 3 is 1.17 bits per heavy atom. The van der Waals surface area contributed by atoms with E-state index < -0.39 is 0 Å². The third-order valence-electron chi connectivity index (χ3n) is 1.71. The van der Waals surface area contributed by atoms with Crippen molar-refractivity contribution in [2.45, 2.75) is 66.2 Å². The summed E-state index contributed by atoms with van der Waals surface area (Å²) in [4.78, 5) is 0. The molecule has 12 heavy (non-hydrogen) atoms. The molecule has 0 saturated heterocycles. The molecule has 0 aliphatic heterocycles. The first-order chi connectivity index (χ1) is 5.83. The molecule has 0 amide bonds. The van der Waals surface area contributed by atoms with E-state index in [4.69, 9.17) is 0 Å². The Morgan fingerprint density at radius 2 is 1.00 bits per heavy atom. The van der Waals surface area contributed by atoms with Crippen molar-refractivity contribution in [2.75, 3.05) is 0 Å². The number of hydrogen-bond donors (Lipinski definition) is 0. The van der Waals surface area contributed by atoms with Crippen LogP contribution in [0, 0.1) is 11.8 Å². The van der Waals surface area contributed by atoms with Crippen molar-refractivity contribution in [3.05, 3.63) is 0 Å². The van der Waals surface area contributed by atoms with Crippen LogP contribution in [0.3, 0.4) is 0 Å². The average molecular weight is 168 g/mol. The lowest BCUT2D eigenvalue weighted by atomic mass is 10.1. The molecule has 0 heteroatoms. The number of unbranched alkanes of at least 4 members (excludes halogenated alkanes) is 5. The van der Waals surface area contributed by atoms with E-state index in [2.05, 4.69) is 25.7 Å². The fourth-order valence-corrected chi connectivity index (χ4v) is 0.854. The smallest absolute Gasteiger partial charge is 0.00271 e. The molecule has 0 aromatic heterocycles. The Labute approximate surface area is 78.8 Å². The van der Waals surface area contributed by atoms with Crippen LogP contribution >= 0.6 is 0 Å². The van der Waals surface area contributed by atoms with Gasteiger partial charge in [-0.15, -0.1) is 11.8 Å². The minimum atomic E-state index is 1.36. The first-order valence-electron chi connectivity index (χ1n) is 5.16. The third kappa shape index (κ3) is 22.7. The lowest BCUT2D eigenvalue weighted by Crippen LogP contribution is -1.73. The van der Waals surface area contributed by atoms with E-state index in [1.807, 2.05) is 13.8 Å². The molecule has 0 nitrogen and oxygen atoms in total. The van der Waals surface area contributed by atoms with Gasteiger partial charge in [0.2, 0.25) is 0 Å². The molecule has 0 N–H and O–H groups in total. The predicted molar refractivity (Wildman–Crippen MR) is 58.2 cm³/mol. The highest BCUT2D eigenvalue weighted by Gasteiger charge is 1.83. The maximum atomic E-state index is 2.68. The van der Waals surface area contributed by atoms with E-state index in [0.29, 0.717) is 0 Å². The maximum absolute atomic E-state index is 2.68. The summed E-state index contributed by atoms with van der Waals surface area (Å²) in [6.45, 7) is 8.15. The van der Waals surface area contributed by atoms with Gasteiger partial charge in [-0.05, 0) is 13.8 Å². The van der Waals surface area contributed by atoms with Crippen molar-refractivity contribution in [1.82, 2.24) is 0 Å². The lowest BCUT2D eigenvalue weighted by molar-refractivity contribution is 0.624. The van der Waals surface area contributed by atoms with Gasteiger partial charge in [0.15, 0.2) is 0 Å². The van der Waals surface area contributed by atoms with Crippen molar-refractivity contribution in [3.8, 4) is 11.8 Å². The Hall–Kier alpha value is -0.440. The fourth-order valence-electron chi connectivity index (χ4n) is 0.854. The van der Waals surface area contributed by atoms with Gasteiger partial charge < -0.3 is 0 Å². The minimum absolute atomic E-state index is 1.36. The highest BCUT2D eigenvalue weighted by atomic mass is 13.9. The monoisotopic (exact) mass is 168 g/mol. The second-order valence-electron chi connectivity index (χ2n) is 2.91. The topological polar surface area (TPSA) is 0 Å². The van der Waals surface area contributed by atoms with E-state index in [0.717, 1.165) is 0 Å². The molecule has 0 radical (unpaired) electrons. The van der Waals surface area contributed by atoms with Crippen molar-refractivity contribution < 1.29 is 0 Å². The Balaban J connectivity index is 0. The Bertz CT molecular complexity index is 90.9. The van der Waals surface area contributed by atoms with Crippen LogP contribution in [-0.2, 0) is 0 Å². The molecule has 0 saturated carbocycles. The molecular formula is C12H24. The van der Waals surface area contributed by atoms with Gasteiger partial charge in [0.05, 0.1) is 0 Å². The highest BCUT2D eigenvalue weighted by molar-refractivity contribution is 4.89. The van der Waals surface area contributed by atoms with Crippen LogP contribution in [0.25, 0.3) is 0 Å². The molecule has 0 rings (SSSR count). The lowest BCUT2D eigenvalue weighted by Gasteiger charge is -1.93. The van der Waals surface area contributed by atoms with Crippen LogP contribution in [0.2, 0.25) is 0 Å². The van der Waals surface area contributed by atoms with Crippen LogP contribution in [0.1, 0.15) is 66.2 Å². The van der Waals surface area contributed by atoms with Gasteiger partial charge in [0.1, 0.15) is 0 Å². The fraction of sp³-hybridized carbons (Fsp3) is 0.833. The Morgan fingerprint density at radius 1 is 0.667 bits per heavy atom. The Kier molecular flexibility index (Phi) is 19.8. The minimum Gasteiger partial charge on any atom is -0.107 e. The van der Waals surface area contributed by atoms with Crippen molar-refractivity contribution >= 4 is 0 Å². The normalized spacial score (nSPS) is 7.67. The predicted octanol–water partition coefficient (Wildman–Crippen LogP) is 4.40. The summed E-state index contributed by atoms with van der Waals surface area (Å²) >= 11 is 0. The SMILES string of the molecule is CC#CC.CCCCCCCC. The molecule has 0 heterocycles. The molecule has 0 fully saturated rings. The summed E-state index contributed by atoms with van der Waals surface area (Å²) in [7, 11) is 0. The number of hydrogen-bond acceptors (Lipinski definition) is 0.